The second-order valence-corrected chi connectivity index (χ2v) is 11.8. The normalized spacial score (nSPS) is 11.8. The first-order chi connectivity index (χ1) is 23.3. The van der Waals surface area contributed by atoms with Crippen LogP contribution in [0.25, 0.3) is 76.7 Å². The predicted octanol–water partition coefficient (Wildman–Crippen LogP) is 11.7. The Kier molecular flexibility index (Phi) is 5.51. The zero-order valence-electron chi connectivity index (χ0n) is 25.1. The van der Waals surface area contributed by atoms with Crippen LogP contribution in [-0.4, -0.2) is 9.97 Å². The number of hydrogen-bond donors (Lipinski definition) is 0. The molecule has 0 bridgehead atoms. The van der Waals surface area contributed by atoms with Crippen molar-refractivity contribution in [2.45, 2.75) is 0 Å². The fourth-order valence-corrected chi connectivity index (χ4v) is 7.03. The van der Waals surface area contributed by atoms with Crippen molar-refractivity contribution < 1.29 is 8.83 Å². The average molecular weight is 604 g/mol. The molecule has 0 amide bonds. The first-order valence-corrected chi connectivity index (χ1v) is 15.6. The van der Waals surface area contributed by atoms with E-state index in [0.717, 1.165) is 66.5 Å². The highest BCUT2D eigenvalue weighted by molar-refractivity contribution is 6.15. The van der Waals surface area contributed by atoms with Gasteiger partial charge in [0.2, 0.25) is 0 Å². The summed E-state index contributed by atoms with van der Waals surface area (Å²) in [6, 6.07) is 46.6. The molecule has 47 heavy (non-hydrogen) atoms. The van der Waals surface area contributed by atoms with Gasteiger partial charge in [0.25, 0.3) is 0 Å². The summed E-state index contributed by atoms with van der Waals surface area (Å²) >= 11 is 0. The Bertz CT molecular complexity index is 2820. The second kappa shape index (κ2) is 10.0. The molecule has 0 aliphatic carbocycles. The molecule has 0 aliphatic heterocycles. The Hall–Kier alpha value is -6.46. The summed E-state index contributed by atoms with van der Waals surface area (Å²) < 4.78 is 12.8. The van der Waals surface area contributed by atoms with Gasteiger partial charge in [-0.15, -0.1) is 0 Å². The summed E-state index contributed by atoms with van der Waals surface area (Å²) in [7, 11) is 0. The molecule has 5 nitrogen and oxygen atoms in total. The number of pyridine rings is 2. The summed E-state index contributed by atoms with van der Waals surface area (Å²) in [5.41, 5.74) is 9.23. The molecule has 0 aliphatic rings. The molecule has 0 saturated carbocycles. The third-order valence-electron chi connectivity index (χ3n) is 9.18. The Labute approximate surface area is 268 Å². The monoisotopic (exact) mass is 603 g/mol. The van der Waals surface area contributed by atoms with Crippen molar-refractivity contribution in [3.8, 4) is 11.1 Å². The second-order valence-electron chi connectivity index (χ2n) is 11.8. The lowest BCUT2D eigenvalue weighted by atomic mass is 9.96. The summed E-state index contributed by atoms with van der Waals surface area (Å²) in [6.07, 6.45) is 5.50. The van der Waals surface area contributed by atoms with E-state index in [4.69, 9.17) is 13.8 Å². The van der Waals surface area contributed by atoms with Crippen LogP contribution in [0.2, 0.25) is 0 Å². The van der Waals surface area contributed by atoms with E-state index < -0.39 is 0 Å². The number of rotatable bonds is 4. The fraction of sp³-hybridized carbons (Fsp3) is 0. The standard InChI is InChI=1S/C42H25N3O2/c1-2-9-31-26(7-1)8-5-11-32(31)29-16-15-28-24-30(18-17-27(28)23-29)45(35-12-6-14-39-40(35)34-25-43-21-20-38(34)46-39)36-19-22-44-41-33-10-3-4-13-37(33)47-42(36)41/h1-25H. The van der Waals surface area contributed by atoms with Gasteiger partial charge in [-0.05, 0) is 87.3 Å². The van der Waals surface area contributed by atoms with Gasteiger partial charge in [-0.3, -0.25) is 9.97 Å². The molecule has 0 saturated heterocycles. The molecule has 0 N–H and O–H groups in total. The topological polar surface area (TPSA) is 55.3 Å². The predicted molar refractivity (Wildman–Crippen MR) is 192 cm³/mol. The van der Waals surface area contributed by atoms with Crippen molar-refractivity contribution in [2.75, 3.05) is 4.90 Å². The first kappa shape index (κ1) is 25.8. The van der Waals surface area contributed by atoms with E-state index in [1.54, 1.807) is 6.20 Å². The molecule has 10 aromatic rings. The van der Waals surface area contributed by atoms with Gasteiger partial charge in [-0.2, -0.15) is 0 Å². The summed E-state index contributed by atoms with van der Waals surface area (Å²) in [4.78, 5) is 11.5. The highest BCUT2D eigenvalue weighted by Gasteiger charge is 2.24. The molecule has 5 heteroatoms. The Morgan fingerprint density at radius 2 is 1.30 bits per heavy atom. The summed E-state index contributed by atoms with van der Waals surface area (Å²) in [6.45, 7) is 0. The zero-order valence-corrected chi connectivity index (χ0v) is 25.1. The number of nitrogens with zero attached hydrogens (tertiary/aromatic N) is 3. The van der Waals surface area contributed by atoms with Crippen LogP contribution in [0.3, 0.4) is 0 Å². The van der Waals surface area contributed by atoms with E-state index in [1.807, 2.05) is 54.9 Å². The molecule has 220 valence electrons. The number of anilines is 3. The molecule has 10 rings (SSSR count). The molecule has 0 spiro atoms. The van der Waals surface area contributed by atoms with Crippen LogP contribution in [0.1, 0.15) is 0 Å². The SMILES string of the molecule is c1ccc2c(-c3ccc4cc(N(c5ccnc6c5oc5ccccc56)c5cccc6oc7ccncc7c56)ccc4c3)cccc2c1. The van der Waals surface area contributed by atoms with Crippen LogP contribution >= 0.6 is 0 Å². The lowest BCUT2D eigenvalue weighted by Gasteiger charge is -2.26. The number of hydrogen-bond acceptors (Lipinski definition) is 5. The van der Waals surface area contributed by atoms with Crippen molar-refractivity contribution in [3.63, 3.8) is 0 Å². The average Bonchev–Trinajstić information content (AvgIpc) is 3.71. The Morgan fingerprint density at radius 3 is 2.28 bits per heavy atom. The Morgan fingerprint density at radius 1 is 0.511 bits per heavy atom. The fourth-order valence-electron chi connectivity index (χ4n) is 7.03. The number of furan rings is 2. The highest BCUT2D eigenvalue weighted by atomic mass is 16.3. The van der Waals surface area contributed by atoms with E-state index in [-0.39, 0.29) is 0 Å². The molecule has 4 heterocycles. The summed E-state index contributed by atoms with van der Waals surface area (Å²) in [5, 5.41) is 7.72. The number of benzene rings is 6. The van der Waals surface area contributed by atoms with Crippen molar-refractivity contribution in [2.24, 2.45) is 0 Å². The van der Waals surface area contributed by atoms with E-state index in [0.29, 0.717) is 0 Å². The lowest BCUT2D eigenvalue weighted by molar-refractivity contribution is 0.667. The molecule has 0 unspecified atom stereocenters. The minimum Gasteiger partial charge on any atom is -0.456 e. The van der Waals surface area contributed by atoms with Gasteiger partial charge < -0.3 is 13.7 Å². The molecular weight excluding hydrogens is 578 g/mol. The largest absolute Gasteiger partial charge is 0.456 e. The van der Waals surface area contributed by atoms with Gasteiger partial charge in [0.1, 0.15) is 22.3 Å². The van der Waals surface area contributed by atoms with Crippen LogP contribution in [0, 0.1) is 0 Å². The van der Waals surface area contributed by atoms with E-state index in [2.05, 4.69) is 101 Å². The molecule has 0 radical (unpaired) electrons. The van der Waals surface area contributed by atoms with Gasteiger partial charge in [0.15, 0.2) is 5.58 Å². The van der Waals surface area contributed by atoms with Gasteiger partial charge in [-0.25, -0.2) is 0 Å². The van der Waals surface area contributed by atoms with E-state index >= 15 is 0 Å². The van der Waals surface area contributed by atoms with Crippen molar-refractivity contribution in [1.82, 2.24) is 9.97 Å². The number of fused-ring (bicyclic) bond motifs is 8. The third-order valence-corrected chi connectivity index (χ3v) is 9.18. The maximum atomic E-state index is 6.54. The zero-order chi connectivity index (χ0) is 30.9. The Balaban J connectivity index is 1.22. The van der Waals surface area contributed by atoms with Crippen LogP contribution < -0.4 is 4.90 Å². The third kappa shape index (κ3) is 3.97. The summed E-state index contributed by atoms with van der Waals surface area (Å²) in [5.74, 6) is 0. The van der Waals surface area contributed by atoms with Crippen molar-refractivity contribution >= 4 is 82.6 Å². The minimum atomic E-state index is 0.725. The van der Waals surface area contributed by atoms with Crippen LogP contribution in [0.5, 0.6) is 0 Å². The van der Waals surface area contributed by atoms with Gasteiger partial charge in [-0.1, -0.05) is 78.9 Å². The van der Waals surface area contributed by atoms with Gasteiger partial charge in [0, 0.05) is 35.1 Å². The van der Waals surface area contributed by atoms with Crippen LogP contribution in [-0.2, 0) is 0 Å². The minimum absolute atomic E-state index is 0.725. The quantitative estimate of drug-likeness (QED) is 0.200. The molecule has 4 aromatic heterocycles. The number of para-hydroxylation sites is 1. The maximum Gasteiger partial charge on any atom is 0.177 e. The lowest BCUT2D eigenvalue weighted by Crippen LogP contribution is -2.11. The maximum absolute atomic E-state index is 6.54. The molecule has 6 aromatic carbocycles. The van der Waals surface area contributed by atoms with E-state index in [1.165, 1.54) is 27.3 Å². The molecule has 0 fully saturated rings. The number of aromatic nitrogens is 2. The van der Waals surface area contributed by atoms with Crippen LogP contribution in [0.4, 0.5) is 17.1 Å². The molecular formula is C42H25N3O2. The van der Waals surface area contributed by atoms with E-state index in [9.17, 15) is 0 Å². The molecule has 0 atom stereocenters. The van der Waals surface area contributed by atoms with Crippen molar-refractivity contribution in [3.05, 3.63) is 152 Å². The van der Waals surface area contributed by atoms with Gasteiger partial charge in [0.05, 0.1) is 16.8 Å². The van der Waals surface area contributed by atoms with Crippen molar-refractivity contribution in [1.29, 1.82) is 0 Å². The smallest absolute Gasteiger partial charge is 0.177 e. The van der Waals surface area contributed by atoms with Gasteiger partial charge >= 0.3 is 0 Å². The first-order valence-electron chi connectivity index (χ1n) is 15.6. The van der Waals surface area contributed by atoms with Crippen LogP contribution in [0.15, 0.2) is 161 Å². The highest BCUT2D eigenvalue weighted by Crippen LogP contribution is 2.46.